The minimum Gasteiger partial charge on any atom is -0.225 e. The molecule has 0 heterocycles. The predicted octanol–water partition coefficient (Wildman–Crippen LogP) is 1.75. The van der Waals surface area contributed by atoms with E-state index in [-0.39, 0.29) is 4.90 Å². The molecule has 0 spiro atoms. The van der Waals surface area contributed by atoms with Crippen LogP contribution in [0.15, 0.2) is 27.6 Å². The van der Waals surface area contributed by atoms with E-state index in [1.165, 1.54) is 18.2 Å². The zero-order chi connectivity index (χ0) is 9.35. The molecule has 0 aromatic heterocycles. The monoisotopic (exact) mass is 269 g/mol. The normalized spacial score (nSPS) is 11.6. The molecule has 12 heavy (non-hydrogen) atoms. The fraction of sp³-hybridized carbons (Fsp3) is 0. The van der Waals surface area contributed by atoms with E-state index in [0.717, 1.165) is 0 Å². The van der Waals surface area contributed by atoms with E-state index >= 15 is 0 Å². The van der Waals surface area contributed by atoms with Crippen molar-refractivity contribution >= 4 is 37.6 Å². The van der Waals surface area contributed by atoms with Gasteiger partial charge in [-0.25, -0.2) is 13.6 Å². The van der Waals surface area contributed by atoms with E-state index < -0.39 is 10.0 Å². The standard InChI is InChI=1S/C6H5BrClNO2S/c7-5-2-1-4(3-6(5)8)12(9,10)11/h1-3H,(H2,9,10,11). The second kappa shape index (κ2) is 3.33. The van der Waals surface area contributed by atoms with E-state index in [1.807, 2.05) is 0 Å². The number of sulfonamides is 1. The van der Waals surface area contributed by atoms with Crippen molar-refractivity contribution < 1.29 is 8.42 Å². The first-order valence-corrected chi connectivity index (χ1v) is 5.61. The van der Waals surface area contributed by atoms with Gasteiger partial charge in [-0.2, -0.15) is 0 Å². The quantitative estimate of drug-likeness (QED) is 0.845. The third-order valence-electron chi connectivity index (χ3n) is 1.22. The van der Waals surface area contributed by atoms with Crippen LogP contribution in [0.4, 0.5) is 0 Å². The lowest BCUT2D eigenvalue weighted by atomic mass is 10.4. The highest BCUT2D eigenvalue weighted by atomic mass is 79.9. The molecule has 0 saturated carbocycles. The molecule has 2 N–H and O–H groups in total. The average molecular weight is 271 g/mol. The molecule has 3 nitrogen and oxygen atoms in total. The summed E-state index contributed by atoms with van der Waals surface area (Å²) in [6, 6.07) is 4.20. The summed E-state index contributed by atoms with van der Waals surface area (Å²) in [5.41, 5.74) is 0. The zero-order valence-corrected chi connectivity index (χ0v) is 8.95. The zero-order valence-electron chi connectivity index (χ0n) is 5.79. The lowest BCUT2D eigenvalue weighted by Gasteiger charge is -1.99. The van der Waals surface area contributed by atoms with Gasteiger partial charge in [0.05, 0.1) is 9.92 Å². The van der Waals surface area contributed by atoms with Crippen LogP contribution in [0.5, 0.6) is 0 Å². The van der Waals surface area contributed by atoms with Gasteiger partial charge in [0, 0.05) is 4.47 Å². The molecule has 1 rings (SSSR count). The lowest BCUT2D eigenvalue weighted by molar-refractivity contribution is 0.598. The Hall–Kier alpha value is -0.100. The minimum absolute atomic E-state index is 0.00991. The average Bonchev–Trinajstić information content (AvgIpc) is 1.92. The van der Waals surface area contributed by atoms with Gasteiger partial charge in [0.1, 0.15) is 0 Å². The van der Waals surface area contributed by atoms with Gasteiger partial charge in [-0.05, 0) is 34.1 Å². The molecule has 0 radical (unpaired) electrons. The second-order valence-electron chi connectivity index (χ2n) is 2.12. The smallest absolute Gasteiger partial charge is 0.225 e. The van der Waals surface area contributed by atoms with E-state index in [2.05, 4.69) is 15.9 Å². The Balaban J connectivity index is 3.33. The van der Waals surface area contributed by atoms with Crippen molar-refractivity contribution in [3.05, 3.63) is 27.7 Å². The molecule has 0 aliphatic heterocycles. The summed E-state index contributed by atoms with van der Waals surface area (Å²) in [6.45, 7) is 0. The molecule has 1 aromatic carbocycles. The largest absolute Gasteiger partial charge is 0.238 e. The molecule has 66 valence electrons. The highest BCUT2D eigenvalue weighted by Crippen LogP contribution is 2.24. The molecule has 0 bridgehead atoms. The van der Waals surface area contributed by atoms with Crippen LogP contribution < -0.4 is 5.14 Å². The first kappa shape index (κ1) is 9.98. The molecule has 0 saturated heterocycles. The first-order chi connectivity index (χ1) is 5.41. The van der Waals surface area contributed by atoms with Crippen molar-refractivity contribution in [2.75, 3.05) is 0 Å². The molecule has 0 aliphatic carbocycles. The number of nitrogens with two attached hydrogens (primary N) is 1. The third-order valence-corrected chi connectivity index (χ3v) is 3.36. The summed E-state index contributed by atoms with van der Waals surface area (Å²) in [6.07, 6.45) is 0. The van der Waals surface area contributed by atoms with Crippen molar-refractivity contribution in [1.82, 2.24) is 0 Å². The maximum Gasteiger partial charge on any atom is 0.238 e. The van der Waals surface area contributed by atoms with Crippen LogP contribution in [0, 0.1) is 0 Å². The number of benzene rings is 1. The van der Waals surface area contributed by atoms with Crippen LogP contribution in [-0.4, -0.2) is 8.42 Å². The number of halogens is 2. The maximum absolute atomic E-state index is 10.8. The molecular formula is C6H5BrClNO2S. The summed E-state index contributed by atoms with van der Waals surface area (Å²) in [5, 5.41) is 5.19. The predicted molar refractivity (Wildman–Crippen MR) is 50.5 cm³/mol. The number of hydrogen-bond acceptors (Lipinski definition) is 2. The number of rotatable bonds is 1. The molecule has 1 aromatic rings. The van der Waals surface area contributed by atoms with Crippen molar-refractivity contribution in [2.45, 2.75) is 4.90 Å². The Labute approximate surface area is 83.7 Å². The fourth-order valence-corrected chi connectivity index (χ4v) is 1.69. The first-order valence-electron chi connectivity index (χ1n) is 2.89. The van der Waals surface area contributed by atoms with Crippen molar-refractivity contribution in [2.24, 2.45) is 5.14 Å². The summed E-state index contributed by atoms with van der Waals surface area (Å²) in [5.74, 6) is 0. The number of primary sulfonamides is 1. The van der Waals surface area contributed by atoms with Crippen LogP contribution in [0.2, 0.25) is 5.02 Å². The molecule has 0 atom stereocenters. The van der Waals surface area contributed by atoms with Gasteiger partial charge in [-0.15, -0.1) is 0 Å². The summed E-state index contributed by atoms with van der Waals surface area (Å²) in [7, 11) is -3.65. The van der Waals surface area contributed by atoms with Gasteiger partial charge < -0.3 is 0 Å². The van der Waals surface area contributed by atoms with Crippen LogP contribution in [0.1, 0.15) is 0 Å². The van der Waals surface area contributed by atoms with E-state index in [1.54, 1.807) is 0 Å². The van der Waals surface area contributed by atoms with Crippen LogP contribution in [0.25, 0.3) is 0 Å². The van der Waals surface area contributed by atoms with Gasteiger partial charge in [0.2, 0.25) is 10.0 Å². The topological polar surface area (TPSA) is 60.2 Å². The van der Waals surface area contributed by atoms with Gasteiger partial charge >= 0.3 is 0 Å². The summed E-state index contributed by atoms with van der Waals surface area (Å²) in [4.78, 5) is 0.00991. The SMILES string of the molecule is NS(=O)(=O)c1ccc(Br)c(Cl)c1. The highest BCUT2D eigenvalue weighted by Gasteiger charge is 2.08. The van der Waals surface area contributed by atoms with Gasteiger partial charge in [0.15, 0.2) is 0 Å². The lowest BCUT2D eigenvalue weighted by Crippen LogP contribution is -2.11. The Morgan fingerprint density at radius 1 is 1.42 bits per heavy atom. The molecular weight excluding hydrogens is 265 g/mol. The Bertz CT molecular complexity index is 404. The Morgan fingerprint density at radius 2 is 2.00 bits per heavy atom. The molecule has 0 aliphatic rings. The number of hydrogen-bond donors (Lipinski definition) is 1. The molecule has 0 amide bonds. The van der Waals surface area contributed by atoms with Crippen LogP contribution in [0.3, 0.4) is 0 Å². The van der Waals surface area contributed by atoms with Gasteiger partial charge in [-0.1, -0.05) is 11.6 Å². The Morgan fingerprint density at radius 3 is 2.42 bits per heavy atom. The van der Waals surface area contributed by atoms with Crippen molar-refractivity contribution in [3.63, 3.8) is 0 Å². The van der Waals surface area contributed by atoms with Gasteiger partial charge in [-0.3, -0.25) is 0 Å². The minimum atomic E-state index is -3.65. The molecule has 6 heteroatoms. The maximum atomic E-state index is 10.8. The van der Waals surface area contributed by atoms with Gasteiger partial charge in [0.25, 0.3) is 0 Å². The van der Waals surface area contributed by atoms with Crippen molar-refractivity contribution in [1.29, 1.82) is 0 Å². The van der Waals surface area contributed by atoms with Crippen LogP contribution >= 0.6 is 27.5 Å². The van der Waals surface area contributed by atoms with E-state index in [0.29, 0.717) is 9.50 Å². The fourth-order valence-electron chi connectivity index (χ4n) is 0.654. The van der Waals surface area contributed by atoms with E-state index in [4.69, 9.17) is 16.7 Å². The molecule has 0 unspecified atom stereocenters. The summed E-state index contributed by atoms with van der Waals surface area (Å²) < 4.78 is 22.2. The van der Waals surface area contributed by atoms with E-state index in [9.17, 15) is 8.42 Å². The Kier molecular flexibility index (Phi) is 2.77. The van der Waals surface area contributed by atoms with Crippen LogP contribution in [-0.2, 0) is 10.0 Å². The van der Waals surface area contributed by atoms with Crippen molar-refractivity contribution in [3.8, 4) is 0 Å². The molecule has 0 fully saturated rings. The third kappa shape index (κ3) is 2.20. The highest BCUT2D eigenvalue weighted by molar-refractivity contribution is 9.10. The second-order valence-corrected chi connectivity index (χ2v) is 4.94. The summed E-state index contributed by atoms with van der Waals surface area (Å²) >= 11 is 8.78.